The van der Waals surface area contributed by atoms with Gasteiger partial charge in [0.25, 0.3) is 15.9 Å². The Labute approximate surface area is 222 Å². The van der Waals surface area contributed by atoms with Gasteiger partial charge in [0.15, 0.2) is 0 Å². The standard InChI is InChI=1S/C26H24ClN3O5S2/c27-18-9-7-17(8-10-18)16-30-23-12-11-20(14-24(23)36-26(30)32)37(33,34)29-22-6-2-1-5-21(22)25(31)28-15-19-4-3-13-35-19/h1-2,5-12,14,19,29H,3-4,13,15-16H2,(H,28,31). The van der Waals surface area contributed by atoms with Crippen LogP contribution in [-0.2, 0) is 21.3 Å². The van der Waals surface area contributed by atoms with Crippen LogP contribution >= 0.6 is 22.9 Å². The SMILES string of the molecule is O=C(NCC1CCCO1)c1ccccc1NS(=O)(=O)c1ccc2c(c1)sc(=O)n2Cc1ccc(Cl)cc1. The lowest BCUT2D eigenvalue weighted by atomic mass is 10.1. The summed E-state index contributed by atoms with van der Waals surface area (Å²) in [6.07, 6.45) is 1.81. The number of nitrogens with zero attached hydrogens (tertiary/aromatic N) is 1. The van der Waals surface area contributed by atoms with Crippen LogP contribution in [0.15, 0.2) is 76.4 Å². The molecule has 1 amide bonds. The van der Waals surface area contributed by atoms with Gasteiger partial charge in [0.2, 0.25) is 0 Å². The molecule has 2 N–H and O–H groups in total. The number of nitrogens with one attached hydrogen (secondary N) is 2. The van der Waals surface area contributed by atoms with Crippen molar-refractivity contribution in [2.45, 2.75) is 30.4 Å². The van der Waals surface area contributed by atoms with Gasteiger partial charge >= 0.3 is 4.87 Å². The summed E-state index contributed by atoms with van der Waals surface area (Å²) in [7, 11) is -4.03. The van der Waals surface area contributed by atoms with E-state index in [1.54, 1.807) is 41.0 Å². The second kappa shape index (κ2) is 10.7. The number of anilines is 1. The number of aromatic nitrogens is 1. The van der Waals surface area contributed by atoms with Gasteiger partial charge in [0.05, 0.1) is 39.0 Å². The topological polar surface area (TPSA) is 106 Å². The lowest BCUT2D eigenvalue weighted by Crippen LogP contribution is -2.32. The average molecular weight is 558 g/mol. The number of benzene rings is 3. The van der Waals surface area contributed by atoms with Crippen molar-refractivity contribution >= 4 is 54.8 Å². The summed E-state index contributed by atoms with van der Waals surface area (Å²) in [4.78, 5) is 25.3. The number of hydrogen-bond donors (Lipinski definition) is 2. The van der Waals surface area contributed by atoms with Gasteiger partial charge < -0.3 is 10.1 Å². The normalized spacial score (nSPS) is 15.6. The van der Waals surface area contributed by atoms with Crippen LogP contribution in [0.4, 0.5) is 5.69 Å². The lowest BCUT2D eigenvalue weighted by Gasteiger charge is -2.14. The number of amides is 1. The molecule has 0 radical (unpaired) electrons. The molecular formula is C26H24ClN3O5S2. The molecule has 1 unspecified atom stereocenters. The number of halogens is 1. The molecule has 0 aliphatic carbocycles. The molecule has 3 aromatic carbocycles. The van der Waals surface area contributed by atoms with E-state index in [2.05, 4.69) is 10.0 Å². The van der Waals surface area contributed by atoms with Crippen molar-refractivity contribution in [2.24, 2.45) is 0 Å². The first kappa shape index (κ1) is 25.5. The van der Waals surface area contributed by atoms with Gasteiger partial charge in [-0.3, -0.25) is 18.9 Å². The largest absolute Gasteiger partial charge is 0.376 e. The molecule has 0 saturated carbocycles. The minimum absolute atomic E-state index is 0.00513. The summed E-state index contributed by atoms with van der Waals surface area (Å²) in [6.45, 7) is 1.39. The van der Waals surface area contributed by atoms with Crippen molar-refractivity contribution in [3.63, 3.8) is 0 Å². The van der Waals surface area contributed by atoms with Gasteiger partial charge in [-0.25, -0.2) is 8.42 Å². The highest BCUT2D eigenvalue weighted by atomic mass is 35.5. The van der Waals surface area contributed by atoms with E-state index in [4.69, 9.17) is 16.3 Å². The van der Waals surface area contributed by atoms with Crippen molar-refractivity contribution in [3.05, 3.63) is 92.5 Å². The number of sulfonamides is 1. The maximum absolute atomic E-state index is 13.2. The summed E-state index contributed by atoms with van der Waals surface area (Å²) >= 11 is 6.93. The highest BCUT2D eigenvalue weighted by molar-refractivity contribution is 7.92. The van der Waals surface area contributed by atoms with E-state index in [1.165, 1.54) is 18.2 Å². The van der Waals surface area contributed by atoms with Crippen molar-refractivity contribution in [2.75, 3.05) is 17.9 Å². The van der Waals surface area contributed by atoms with Gasteiger partial charge in [-0.1, -0.05) is 47.2 Å². The molecule has 8 nitrogen and oxygen atoms in total. The Kier molecular flexibility index (Phi) is 7.34. The summed E-state index contributed by atoms with van der Waals surface area (Å²) in [5.74, 6) is -0.387. The zero-order valence-electron chi connectivity index (χ0n) is 19.6. The molecule has 1 aliphatic heterocycles. The van der Waals surface area contributed by atoms with Crippen LogP contribution in [0.25, 0.3) is 10.2 Å². The van der Waals surface area contributed by atoms with Gasteiger partial charge in [0, 0.05) is 18.2 Å². The first-order valence-corrected chi connectivity index (χ1v) is 14.4. The fourth-order valence-corrected chi connectivity index (χ4v) is 6.45. The van der Waals surface area contributed by atoms with E-state index in [-0.39, 0.29) is 33.0 Å². The highest BCUT2D eigenvalue weighted by Gasteiger charge is 2.22. The fraction of sp³-hybridized carbons (Fsp3) is 0.231. The van der Waals surface area contributed by atoms with Gasteiger partial charge in [0.1, 0.15) is 0 Å². The predicted octanol–water partition coefficient (Wildman–Crippen LogP) is 4.47. The van der Waals surface area contributed by atoms with E-state index in [0.717, 1.165) is 29.7 Å². The zero-order valence-corrected chi connectivity index (χ0v) is 22.0. The van der Waals surface area contributed by atoms with Gasteiger partial charge in [-0.05, 0) is 60.9 Å². The van der Waals surface area contributed by atoms with Crippen LogP contribution in [0.5, 0.6) is 0 Å². The summed E-state index contributed by atoms with van der Waals surface area (Å²) in [6, 6.07) is 18.2. The van der Waals surface area contributed by atoms with Crippen molar-refractivity contribution in [1.29, 1.82) is 0 Å². The van der Waals surface area contributed by atoms with E-state index >= 15 is 0 Å². The maximum atomic E-state index is 13.2. The molecule has 4 aromatic rings. The predicted molar refractivity (Wildman–Crippen MR) is 145 cm³/mol. The molecule has 192 valence electrons. The van der Waals surface area contributed by atoms with E-state index in [1.807, 2.05) is 12.1 Å². The van der Waals surface area contributed by atoms with E-state index in [0.29, 0.717) is 34.9 Å². The monoisotopic (exact) mass is 557 g/mol. The van der Waals surface area contributed by atoms with E-state index in [9.17, 15) is 18.0 Å². The number of carbonyl (C=O) groups is 1. The Morgan fingerprint density at radius 1 is 1.11 bits per heavy atom. The Bertz CT molecular complexity index is 1610. The third-order valence-corrected chi connectivity index (χ3v) is 8.69. The van der Waals surface area contributed by atoms with Crippen LogP contribution in [0.3, 0.4) is 0 Å². The third kappa shape index (κ3) is 5.72. The van der Waals surface area contributed by atoms with Crippen molar-refractivity contribution in [1.82, 2.24) is 9.88 Å². The number of rotatable bonds is 8. The van der Waals surface area contributed by atoms with Crippen molar-refractivity contribution < 1.29 is 17.9 Å². The molecule has 0 bridgehead atoms. The Morgan fingerprint density at radius 2 is 1.89 bits per heavy atom. The summed E-state index contributed by atoms with van der Waals surface area (Å²) in [5.41, 5.74) is 1.92. The molecule has 1 aliphatic rings. The zero-order chi connectivity index (χ0) is 26.0. The number of para-hydroxylation sites is 1. The van der Waals surface area contributed by atoms with Gasteiger partial charge in [-0.2, -0.15) is 0 Å². The highest BCUT2D eigenvalue weighted by Crippen LogP contribution is 2.26. The summed E-state index contributed by atoms with van der Waals surface area (Å²) in [5, 5.41) is 3.43. The Balaban J connectivity index is 1.37. The first-order valence-electron chi connectivity index (χ1n) is 11.7. The van der Waals surface area contributed by atoms with Crippen LogP contribution in [0.1, 0.15) is 28.8 Å². The number of ether oxygens (including phenoxy) is 1. The minimum Gasteiger partial charge on any atom is -0.376 e. The molecule has 11 heteroatoms. The van der Waals surface area contributed by atoms with E-state index < -0.39 is 10.0 Å². The molecule has 1 atom stereocenters. The fourth-order valence-electron chi connectivity index (χ4n) is 4.22. The Hall–Kier alpha value is -3.18. The molecule has 5 rings (SSSR count). The molecule has 1 saturated heterocycles. The lowest BCUT2D eigenvalue weighted by molar-refractivity contribution is 0.0858. The van der Waals surface area contributed by atoms with Crippen LogP contribution < -0.4 is 14.9 Å². The molecule has 0 spiro atoms. The van der Waals surface area contributed by atoms with Crippen LogP contribution in [-0.4, -0.2) is 38.1 Å². The number of thiazole rings is 1. The molecule has 1 fully saturated rings. The molecule has 2 heterocycles. The second-order valence-electron chi connectivity index (χ2n) is 8.71. The van der Waals surface area contributed by atoms with Crippen LogP contribution in [0.2, 0.25) is 5.02 Å². The Morgan fingerprint density at radius 3 is 2.65 bits per heavy atom. The van der Waals surface area contributed by atoms with Crippen molar-refractivity contribution in [3.8, 4) is 0 Å². The number of carbonyl (C=O) groups excluding carboxylic acids is 1. The minimum atomic E-state index is -4.03. The first-order chi connectivity index (χ1) is 17.8. The van der Waals surface area contributed by atoms with Gasteiger partial charge in [-0.15, -0.1) is 0 Å². The quantitative estimate of drug-likeness (QED) is 0.332. The summed E-state index contributed by atoms with van der Waals surface area (Å²) < 4.78 is 36.7. The third-order valence-electron chi connectivity index (χ3n) is 6.13. The number of hydrogen-bond acceptors (Lipinski definition) is 6. The smallest absolute Gasteiger partial charge is 0.308 e. The second-order valence-corrected chi connectivity index (χ2v) is 11.8. The van der Waals surface area contributed by atoms with Crippen LogP contribution in [0, 0.1) is 0 Å². The molecular weight excluding hydrogens is 534 g/mol. The number of fused-ring (bicyclic) bond motifs is 1. The molecule has 1 aromatic heterocycles. The maximum Gasteiger partial charge on any atom is 0.308 e. The molecule has 37 heavy (non-hydrogen) atoms. The average Bonchev–Trinajstić information content (AvgIpc) is 3.51.